The van der Waals surface area contributed by atoms with Crippen LogP contribution in [-0.4, -0.2) is 38.7 Å². The van der Waals surface area contributed by atoms with E-state index in [-0.39, 0.29) is 11.8 Å². The lowest BCUT2D eigenvalue weighted by Crippen LogP contribution is -2.40. The highest BCUT2D eigenvalue weighted by Gasteiger charge is 2.29. The zero-order valence-corrected chi connectivity index (χ0v) is 15.3. The quantitative estimate of drug-likeness (QED) is 0.728. The van der Waals surface area contributed by atoms with Gasteiger partial charge in [-0.05, 0) is 37.5 Å². The number of benzene rings is 1. The minimum absolute atomic E-state index is 0.0902. The molecule has 1 amide bonds. The van der Waals surface area contributed by atoms with Crippen LogP contribution in [0.3, 0.4) is 0 Å². The van der Waals surface area contributed by atoms with Gasteiger partial charge in [0.2, 0.25) is 5.91 Å². The van der Waals surface area contributed by atoms with Crippen molar-refractivity contribution in [1.82, 2.24) is 19.7 Å². The monoisotopic (exact) mass is 348 g/mol. The molecule has 0 aliphatic carbocycles. The largest absolute Gasteiger partial charge is 0.342 e. The maximum atomic E-state index is 12.9. The number of rotatable bonds is 3. The van der Waals surface area contributed by atoms with Gasteiger partial charge in [-0.1, -0.05) is 30.3 Å². The van der Waals surface area contributed by atoms with Crippen LogP contribution in [0.1, 0.15) is 42.9 Å². The second kappa shape index (κ2) is 6.90. The van der Waals surface area contributed by atoms with E-state index in [9.17, 15) is 4.79 Å². The lowest BCUT2D eigenvalue weighted by Gasteiger charge is -2.33. The highest BCUT2D eigenvalue weighted by molar-refractivity contribution is 5.83. The van der Waals surface area contributed by atoms with Crippen molar-refractivity contribution >= 4 is 16.9 Å². The molecule has 26 heavy (non-hydrogen) atoms. The molecule has 1 atom stereocenters. The van der Waals surface area contributed by atoms with Crippen LogP contribution in [0.4, 0.5) is 0 Å². The van der Waals surface area contributed by atoms with E-state index in [0.29, 0.717) is 5.92 Å². The SMILES string of the molecule is CC(C(=O)N1CCC(c2nn(C)c3ncccc23)CC1)c1ccccc1. The molecule has 1 fully saturated rings. The first kappa shape index (κ1) is 16.8. The molecule has 1 unspecified atom stereocenters. The van der Waals surface area contributed by atoms with Gasteiger partial charge in [0, 0.05) is 37.6 Å². The van der Waals surface area contributed by atoms with E-state index in [4.69, 9.17) is 5.10 Å². The third-order valence-electron chi connectivity index (χ3n) is 5.49. The van der Waals surface area contributed by atoms with Crippen molar-refractivity contribution in [3.8, 4) is 0 Å². The molecule has 0 N–H and O–H groups in total. The van der Waals surface area contributed by atoms with Crippen LogP contribution in [0.5, 0.6) is 0 Å². The Balaban J connectivity index is 1.46. The summed E-state index contributed by atoms with van der Waals surface area (Å²) in [6.07, 6.45) is 3.71. The molecule has 1 aliphatic heterocycles. The fraction of sp³-hybridized carbons (Fsp3) is 0.381. The Morgan fingerprint density at radius 2 is 1.85 bits per heavy atom. The van der Waals surface area contributed by atoms with Crippen molar-refractivity contribution in [2.75, 3.05) is 13.1 Å². The number of likely N-dealkylation sites (tertiary alicyclic amines) is 1. The molecule has 5 nitrogen and oxygen atoms in total. The summed E-state index contributed by atoms with van der Waals surface area (Å²) in [6, 6.07) is 14.1. The molecule has 5 heteroatoms. The summed E-state index contributed by atoms with van der Waals surface area (Å²) >= 11 is 0. The number of hydrogen-bond acceptors (Lipinski definition) is 3. The van der Waals surface area contributed by atoms with Crippen molar-refractivity contribution in [2.45, 2.75) is 31.6 Å². The fourth-order valence-corrected chi connectivity index (χ4v) is 3.95. The number of carbonyl (C=O) groups is 1. The average Bonchev–Trinajstić information content (AvgIpc) is 3.05. The van der Waals surface area contributed by atoms with Crippen molar-refractivity contribution in [3.63, 3.8) is 0 Å². The number of amides is 1. The van der Waals surface area contributed by atoms with Crippen molar-refractivity contribution in [1.29, 1.82) is 0 Å². The number of hydrogen-bond donors (Lipinski definition) is 0. The van der Waals surface area contributed by atoms with Crippen LogP contribution in [0.2, 0.25) is 0 Å². The van der Waals surface area contributed by atoms with Crippen LogP contribution in [-0.2, 0) is 11.8 Å². The van der Waals surface area contributed by atoms with E-state index in [1.165, 1.54) is 0 Å². The van der Waals surface area contributed by atoms with Gasteiger partial charge in [-0.2, -0.15) is 5.10 Å². The van der Waals surface area contributed by atoms with Crippen molar-refractivity contribution < 1.29 is 4.79 Å². The standard InChI is InChI=1S/C21H24N4O/c1-15(16-7-4-3-5-8-16)21(26)25-13-10-17(11-14-25)19-18-9-6-12-22-20(18)24(2)23-19/h3-9,12,15,17H,10-11,13-14H2,1-2H3. The van der Waals surface area contributed by atoms with E-state index < -0.39 is 0 Å². The molecule has 1 aromatic carbocycles. The maximum absolute atomic E-state index is 12.9. The summed E-state index contributed by atoms with van der Waals surface area (Å²) in [5, 5.41) is 5.85. The van der Waals surface area contributed by atoms with Crippen LogP contribution < -0.4 is 0 Å². The summed E-state index contributed by atoms with van der Waals surface area (Å²) in [5.41, 5.74) is 3.14. The van der Waals surface area contributed by atoms with Gasteiger partial charge in [0.15, 0.2) is 5.65 Å². The number of piperidine rings is 1. The first-order chi connectivity index (χ1) is 12.6. The Bertz CT molecular complexity index is 910. The first-order valence-corrected chi connectivity index (χ1v) is 9.26. The van der Waals surface area contributed by atoms with E-state index >= 15 is 0 Å². The van der Waals surface area contributed by atoms with Crippen molar-refractivity contribution in [2.24, 2.45) is 7.05 Å². The normalized spacial score (nSPS) is 16.8. The predicted molar refractivity (Wildman–Crippen MR) is 102 cm³/mol. The Morgan fingerprint density at radius 1 is 1.12 bits per heavy atom. The smallest absolute Gasteiger partial charge is 0.229 e. The van der Waals surface area contributed by atoms with Gasteiger partial charge in [0.25, 0.3) is 0 Å². The average molecular weight is 348 g/mol. The molecule has 0 spiro atoms. The van der Waals surface area contributed by atoms with Gasteiger partial charge < -0.3 is 4.90 Å². The highest BCUT2D eigenvalue weighted by Crippen LogP contribution is 2.32. The summed E-state index contributed by atoms with van der Waals surface area (Å²) in [7, 11) is 1.94. The molecule has 3 aromatic rings. The molecule has 3 heterocycles. The van der Waals surface area contributed by atoms with Gasteiger partial charge in [-0.15, -0.1) is 0 Å². The predicted octanol–water partition coefficient (Wildman–Crippen LogP) is 3.48. The second-order valence-electron chi connectivity index (χ2n) is 7.12. The molecule has 1 saturated heterocycles. The fourth-order valence-electron chi connectivity index (χ4n) is 3.95. The zero-order chi connectivity index (χ0) is 18.1. The molecular weight excluding hydrogens is 324 g/mol. The maximum Gasteiger partial charge on any atom is 0.229 e. The number of nitrogens with zero attached hydrogens (tertiary/aromatic N) is 4. The molecule has 2 aromatic heterocycles. The van der Waals surface area contributed by atoms with E-state index in [1.54, 1.807) is 6.20 Å². The third kappa shape index (κ3) is 2.98. The van der Waals surface area contributed by atoms with Crippen LogP contribution >= 0.6 is 0 Å². The van der Waals surface area contributed by atoms with Gasteiger partial charge in [-0.3, -0.25) is 9.48 Å². The Hall–Kier alpha value is -2.69. The molecule has 1 aliphatic rings. The first-order valence-electron chi connectivity index (χ1n) is 9.26. The second-order valence-corrected chi connectivity index (χ2v) is 7.12. The zero-order valence-electron chi connectivity index (χ0n) is 15.3. The van der Waals surface area contributed by atoms with Crippen molar-refractivity contribution in [3.05, 3.63) is 59.9 Å². The summed E-state index contributed by atoms with van der Waals surface area (Å²) in [5.74, 6) is 0.522. The summed E-state index contributed by atoms with van der Waals surface area (Å²) in [4.78, 5) is 19.3. The molecule has 0 bridgehead atoms. The lowest BCUT2D eigenvalue weighted by atomic mass is 9.90. The van der Waals surface area contributed by atoms with Gasteiger partial charge in [-0.25, -0.2) is 4.98 Å². The highest BCUT2D eigenvalue weighted by atomic mass is 16.2. The lowest BCUT2D eigenvalue weighted by molar-refractivity contribution is -0.133. The van der Waals surface area contributed by atoms with E-state index in [2.05, 4.69) is 11.1 Å². The number of fused-ring (bicyclic) bond motifs is 1. The van der Waals surface area contributed by atoms with Gasteiger partial charge >= 0.3 is 0 Å². The number of pyridine rings is 1. The minimum Gasteiger partial charge on any atom is -0.342 e. The topological polar surface area (TPSA) is 51.0 Å². The summed E-state index contributed by atoms with van der Waals surface area (Å²) < 4.78 is 1.86. The van der Waals surface area contributed by atoms with Crippen LogP contribution in [0.25, 0.3) is 11.0 Å². The molecule has 0 saturated carbocycles. The number of carbonyl (C=O) groups excluding carboxylic acids is 1. The minimum atomic E-state index is -0.0902. The molecule has 0 radical (unpaired) electrons. The van der Waals surface area contributed by atoms with E-state index in [0.717, 1.165) is 48.2 Å². The number of aromatic nitrogens is 3. The Kier molecular flexibility index (Phi) is 4.45. The van der Waals surface area contributed by atoms with E-state index in [1.807, 2.05) is 60.0 Å². The third-order valence-corrected chi connectivity index (χ3v) is 5.49. The van der Waals surface area contributed by atoms with Gasteiger partial charge in [0.1, 0.15) is 0 Å². The van der Waals surface area contributed by atoms with Gasteiger partial charge in [0.05, 0.1) is 11.6 Å². The van der Waals surface area contributed by atoms with Crippen LogP contribution in [0, 0.1) is 0 Å². The Morgan fingerprint density at radius 3 is 2.58 bits per heavy atom. The summed E-state index contributed by atoms with van der Waals surface area (Å²) in [6.45, 7) is 3.58. The molecule has 4 rings (SSSR count). The molecule has 134 valence electrons. The Labute approximate surface area is 153 Å². The number of aryl methyl sites for hydroxylation is 1. The molecular formula is C21H24N4O. The van der Waals surface area contributed by atoms with Crippen LogP contribution in [0.15, 0.2) is 48.7 Å².